The van der Waals surface area contributed by atoms with Crippen LogP contribution >= 0.6 is 11.8 Å². The Morgan fingerprint density at radius 3 is 2.91 bits per heavy atom. The lowest BCUT2D eigenvalue weighted by Crippen LogP contribution is -2.38. The standard InChI is InChI=1S/C14H17N3O3S2/c1-17(10-6-7-22(19,20)9-10)13(18)8-21-14-15-11-4-2-3-5-12(11)16-14/h2-5,10H,6-9H2,1H3,(H,15,16)/t10-/m0/s1. The van der Waals surface area contributed by atoms with Crippen LogP contribution in [0, 0.1) is 0 Å². The highest BCUT2D eigenvalue weighted by Gasteiger charge is 2.32. The molecule has 0 saturated carbocycles. The Bertz CT molecular complexity index is 768. The minimum absolute atomic E-state index is 0.0740. The van der Waals surface area contributed by atoms with E-state index in [4.69, 9.17) is 0 Å². The van der Waals surface area contributed by atoms with Gasteiger partial charge >= 0.3 is 0 Å². The van der Waals surface area contributed by atoms with E-state index in [2.05, 4.69) is 9.97 Å². The summed E-state index contributed by atoms with van der Waals surface area (Å²) in [5, 5.41) is 0.696. The number of sulfone groups is 1. The van der Waals surface area contributed by atoms with Gasteiger partial charge in [0.05, 0.1) is 28.3 Å². The lowest BCUT2D eigenvalue weighted by molar-refractivity contribution is -0.128. The Morgan fingerprint density at radius 1 is 1.45 bits per heavy atom. The number of hydrogen-bond donors (Lipinski definition) is 1. The smallest absolute Gasteiger partial charge is 0.233 e. The van der Waals surface area contributed by atoms with Crippen LogP contribution in [0.4, 0.5) is 0 Å². The van der Waals surface area contributed by atoms with Gasteiger partial charge < -0.3 is 9.88 Å². The Morgan fingerprint density at radius 2 is 2.23 bits per heavy atom. The van der Waals surface area contributed by atoms with E-state index in [0.29, 0.717) is 11.6 Å². The zero-order valence-electron chi connectivity index (χ0n) is 12.2. The molecule has 0 spiro atoms. The monoisotopic (exact) mass is 339 g/mol. The first kappa shape index (κ1) is 15.4. The van der Waals surface area contributed by atoms with Crippen molar-refractivity contribution in [3.8, 4) is 0 Å². The molecule has 1 N–H and O–H groups in total. The van der Waals surface area contributed by atoms with E-state index in [-0.39, 0.29) is 29.2 Å². The summed E-state index contributed by atoms with van der Waals surface area (Å²) in [4.78, 5) is 21.3. The molecule has 2 aromatic rings. The fourth-order valence-electron chi connectivity index (χ4n) is 2.51. The molecule has 1 aliphatic rings. The molecular formula is C14H17N3O3S2. The van der Waals surface area contributed by atoms with Gasteiger partial charge in [0.15, 0.2) is 15.0 Å². The molecule has 1 saturated heterocycles. The van der Waals surface area contributed by atoms with Crippen LogP contribution in [-0.4, -0.2) is 59.5 Å². The molecule has 0 bridgehead atoms. The summed E-state index contributed by atoms with van der Waals surface area (Å²) >= 11 is 1.33. The fourth-order valence-corrected chi connectivity index (χ4v) is 5.10. The number of thioether (sulfide) groups is 1. The lowest BCUT2D eigenvalue weighted by Gasteiger charge is -2.22. The van der Waals surface area contributed by atoms with Crippen molar-refractivity contribution >= 4 is 38.5 Å². The summed E-state index contributed by atoms with van der Waals surface area (Å²) in [6.45, 7) is 0. The van der Waals surface area contributed by atoms with Crippen molar-refractivity contribution in [1.29, 1.82) is 0 Å². The number of aromatic amines is 1. The van der Waals surface area contributed by atoms with Gasteiger partial charge in [-0.3, -0.25) is 4.79 Å². The van der Waals surface area contributed by atoms with Crippen LogP contribution in [0.1, 0.15) is 6.42 Å². The number of para-hydroxylation sites is 2. The Labute approximate surface area is 133 Å². The van der Waals surface area contributed by atoms with E-state index in [9.17, 15) is 13.2 Å². The number of hydrogen-bond acceptors (Lipinski definition) is 5. The van der Waals surface area contributed by atoms with Gasteiger partial charge in [0.25, 0.3) is 0 Å². The van der Waals surface area contributed by atoms with Gasteiger partial charge in [-0.2, -0.15) is 0 Å². The molecule has 8 heteroatoms. The third kappa shape index (κ3) is 3.27. The van der Waals surface area contributed by atoms with E-state index >= 15 is 0 Å². The van der Waals surface area contributed by atoms with Crippen molar-refractivity contribution in [2.24, 2.45) is 0 Å². The van der Waals surface area contributed by atoms with Crippen LogP contribution in [-0.2, 0) is 14.6 Å². The Kier molecular flexibility index (Phi) is 4.14. The van der Waals surface area contributed by atoms with Crippen LogP contribution in [0.25, 0.3) is 11.0 Å². The SMILES string of the molecule is CN(C(=O)CSc1nc2ccccc2[nH]1)[C@H]1CCS(=O)(=O)C1. The highest BCUT2D eigenvalue weighted by atomic mass is 32.2. The number of imidazole rings is 1. The first-order valence-corrected chi connectivity index (χ1v) is 9.79. The summed E-state index contributed by atoms with van der Waals surface area (Å²) in [5.74, 6) is 0.413. The Hall–Kier alpha value is -1.54. The average molecular weight is 339 g/mol. The number of benzene rings is 1. The Balaban J connectivity index is 1.60. The van der Waals surface area contributed by atoms with Gasteiger partial charge in [-0.05, 0) is 18.6 Å². The molecule has 1 fully saturated rings. The minimum Gasteiger partial charge on any atom is -0.341 e. The predicted octanol–water partition coefficient (Wildman–Crippen LogP) is 1.30. The second-order valence-electron chi connectivity index (χ2n) is 5.41. The van der Waals surface area contributed by atoms with Crippen LogP contribution < -0.4 is 0 Å². The van der Waals surface area contributed by atoms with Crippen molar-refractivity contribution in [3.63, 3.8) is 0 Å². The molecule has 3 rings (SSSR count). The molecule has 1 atom stereocenters. The molecule has 118 valence electrons. The number of carbonyl (C=O) groups is 1. The van der Waals surface area contributed by atoms with Gasteiger partial charge in [-0.15, -0.1) is 0 Å². The molecule has 1 aliphatic heterocycles. The molecule has 2 heterocycles. The van der Waals surface area contributed by atoms with Crippen molar-refractivity contribution in [2.75, 3.05) is 24.3 Å². The number of fused-ring (bicyclic) bond motifs is 1. The maximum absolute atomic E-state index is 12.2. The molecule has 22 heavy (non-hydrogen) atoms. The van der Waals surface area contributed by atoms with E-state index in [1.54, 1.807) is 11.9 Å². The first-order valence-electron chi connectivity index (χ1n) is 6.98. The maximum Gasteiger partial charge on any atom is 0.233 e. The molecular weight excluding hydrogens is 322 g/mol. The summed E-state index contributed by atoms with van der Waals surface area (Å²) in [5.41, 5.74) is 1.81. The zero-order chi connectivity index (χ0) is 15.7. The molecule has 0 radical (unpaired) electrons. The minimum atomic E-state index is -2.98. The highest BCUT2D eigenvalue weighted by Crippen LogP contribution is 2.21. The molecule has 6 nitrogen and oxygen atoms in total. The second-order valence-corrected chi connectivity index (χ2v) is 8.60. The number of rotatable bonds is 4. The van der Waals surface area contributed by atoms with Crippen molar-refractivity contribution in [3.05, 3.63) is 24.3 Å². The largest absolute Gasteiger partial charge is 0.341 e. The molecule has 1 aromatic heterocycles. The molecule has 0 unspecified atom stereocenters. The summed E-state index contributed by atoms with van der Waals surface area (Å²) in [6, 6.07) is 7.48. The number of amides is 1. The van der Waals surface area contributed by atoms with Gasteiger partial charge in [0, 0.05) is 13.1 Å². The number of nitrogens with zero attached hydrogens (tertiary/aromatic N) is 2. The van der Waals surface area contributed by atoms with Crippen LogP contribution in [0.15, 0.2) is 29.4 Å². The summed E-state index contributed by atoms with van der Waals surface area (Å²) in [7, 11) is -1.30. The zero-order valence-corrected chi connectivity index (χ0v) is 13.8. The van der Waals surface area contributed by atoms with E-state index < -0.39 is 9.84 Å². The van der Waals surface area contributed by atoms with Crippen LogP contribution in [0.2, 0.25) is 0 Å². The van der Waals surface area contributed by atoms with E-state index in [0.717, 1.165) is 11.0 Å². The maximum atomic E-state index is 12.2. The average Bonchev–Trinajstić information content (AvgIpc) is 3.06. The molecule has 1 aromatic carbocycles. The number of carbonyl (C=O) groups excluding carboxylic acids is 1. The predicted molar refractivity (Wildman–Crippen MR) is 86.6 cm³/mol. The fraction of sp³-hybridized carbons (Fsp3) is 0.429. The topological polar surface area (TPSA) is 83.1 Å². The van der Waals surface area contributed by atoms with Crippen molar-refractivity contribution in [1.82, 2.24) is 14.9 Å². The quantitative estimate of drug-likeness (QED) is 0.849. The van der Waals surface area contributed by atoms with Crippen LogP contribution in [0.3, 0.4) is 0 Å². The number of H-pyrrole nitrogens is 1. The molecule has 0 aliphatic carbocycles. The lowest BCUT2D eigenvalue weighted by atomic mass is 10.2. The second kappa shape index (κ2) is 5.92. The van der Waals surface area contributed by atoms with Gasteiger partial charge in [0.2, 0.25) is 5.91 Å². The summed E-state index contributed by atoms with van der Waals surface area (Å²) in [6.07, 6.45) is 0.528. The highest BCUT2D eigenvalue weighted by molar-refractivity contribution is 7.99. The van der Waals surface area contributed by atoms with Crippen molar-refractivity contribution in [2.45, 2.75) is 17.6 Å². The summed E-state index contributed by atoms with van der Waals surface area (Å²) < 4.78 is 23.0. The van der Waals surface area contributed by atoms with Crippen molar-refractivity contribution < 1.29 is 13.2 Å². The molecule has 1 amide bonds. The van der Waals surface area contributed by atoms with Gasteiger partial charge in [-0.25, -0.2) is 13.4 Å². The van der Waals surface area contributed by atoms with E-state index in [1.165, 1.54) is 11.8 Å². The van der Waals surface area contributed by atoms with E-state index in [1.807, 2.05) is 24.3 Å². The number of nitrogens with one attached hydrogen (secondary N) is 1. The van der Waals surface area contributed by atoms with Crippen LogP contribution in [0.5, 0.6) is 0 Å². The first-order chi connectivity index (χ1) is 10.4. The third-order valence-electron chi connectivity index (χ3n) is 3.85. The number of aromatic nitrogens is 2. The van der Waals surface area contributed by atoms with Gasteiger partial charge in [-0.1, -0.05) is 23.9 Å². The third-order valence-corrected chi connectivity index (χ3v) is 6.46. The van der Waals surface area contributed by atoms with Gasteiger partial charge in [0.1, 0.15) is 0 Å². The normalized spacial score (nSPS) is 20.3.